The molecule has 1 heterocycles. The number of rotatable bonds is 7. The molecule has 1 fully saturated rings. The molecule has 4 nitrogen and oxygen atoms in total. The minimum Gasteiger partial charge on any atom is -0.493 e. The van der Waals surface area contributed by atoms with Crippen molar-refractivity contribution in [2.45, 2.75) is 24.7 Å². The Morgan fingerprint density at radius 3 is 2.64 bits per heavy atom. The Hall–Kier alpha value is -2.75. The predicted molar refractivity (Wildman–Crippen MR) is 98.8 cm³/mol. The van der Waals surface area contributed by atoms with E-state index >= 15 is 0 Å². The van der Waals surface area contributed by atoms with Gasteiger partial charge in [0.1, 0.15) is 5.75 Å². The lowest BCUT2D eigenvalue weighted by molar-refractivity contribution is -0.121. The van der Waals surface area contributed by atoms with E-state index in [0.29, 0.717) is 19.6 Å². The van der Waals surface area contributed by atoms with Gasteiger partial charge in [0.25, 0.3) is 0 Å². The fourth-order valence-corrected chi connectivity index (χ4v) is 3.34. The molecule has 128 valence electrons. The Balaban J connectivity index is 1.31. The number of H-pyrrole nitrogens is 1. The smallest absolute Gasteiger partial charge is 0.223 e. The average molecular weight is 334 g/mol. The van der Waals surface area contributed by atoms with E-state index in [4.69, 9.17) is 4.74 Å². The van der Waals surface area contributed by atoms with Crippen molar-refractivity contribution >= 4 is 16.8 Å². The van der Waals surface area contributed by atoms with Gasteiger partial charge >= 0.3 is 0 Å². The molecule has 0 spiro atoms. The number of hydrogen-bond donors (Lipinski definition) is 2. The second kappa shape index (κ2) is 6.63. The van der Waals surface area contributed by atoms with Crippen molar-refractivity contribution in [3.05, 3.63) is 66.4 Å². The number of fused-ring (bicyclic) bond motifs is 1. The third kappa shape index (κ3) is 3.38. The summed E-state index contributed by atoms with van der Waals surface area (Å²) in [6, 6.07) is 17.9. The molecule has 3 aromatic rings. The standard InChI is InChI=1S/C21H22N2O2/c24-20(10-13-25-16-6-2-1-3-7-16)23-15-21(11-12-21)18-14-22-19-9-5-4-8-17(18)19/h1-9,14,22H,10-13,15H2,(H,23,24). The summed E-state index contributed by atoms with van der Waals surface area (Å²) in [6.07, 6.45) is 4.71. The van der Waals surface area contributed by atoms with Gasteiger partial charge in [-0.3, -0.25) is 4.79 Å². The molecule has 0 aliphatic heterocycles. The molecular weight excluding hydrogens is 312 g/mol. The Morgan fingerprint density at radius 2 is 1.84 bits per heavy atom. The third-order valence-electron chi connectivity index (χ3n) is 4.98. The van der Waals surface area contributed by atoms with Gasteiger partial charge in [-0.25, -0.2) is 0 Å². The zero-order valence-electron chi connectivity index (χ0n) is 14.1. The predicted octanol–water partition coefficient (Wildman–Crippen LogP) is 3.78. The van der Waals surface area contributed by atoms with E-state index in [1.54, 1.807) is 0 Å². The lowest BCUT2D eigenvalue weighted by Crippen LogP contribution is -2.32. The van der Waals surface area contributed by atoms with Crippen LogP contribution in [0.2, 0.25) is 0 Å². The summed E-state index contributed by atoms with van der Waals surface area (Å²) in [4.78, 5) is 15.5. The first-order valence-corrected chi connectivity index (χ1v) is 8.78. The molecule has 4 rings (SSSR count). The molecule has 0 unspecified atom stereocenters. The Labute approximate surface area is 147 Å². The van der Waals surface area contributed by atoms with E-state index in [9.17, 15) is 4.79 Å². The van der Waals surface area contributed by atoms with E-state index in [1.807, 2.05) is 36.4 Å². The van der Waals surface area contributed by atoms with Crippen LogP contribution in [-0.2, 0) is 10.2 Å². The molecule has 2 N–H and O–H groups in total. The van der Waals surface area contributed by atoms with Gasteiger partial charge in [0.15, 0.2) is 0 Å². The van der Waals surface area contributed by atoms with Crippen molar-refractivity contribution in [3.63, 3.8) is 0 Å². The van der Waals surface area contributed by atoms with Gasteiger partial charge in [0.05, 0.1) is 13.0 Å². The minimum atomic E-state index is 0.0436. The van der Waals surface area contributed by atoms with Gasteiger partial charge in [-0.15, -0.1) is 0 Å². The molecule has 2 aromatic carbocycles. The number of aromatic nitrogens is 1. The van der Waals surface area contributed by atoms with Crippen molar-refractivity contribution < 1.29 is 9.53 Å². The highest BCUT2D eigenvalue weighted by atomic mass is 16.5. The number of aromatic amines is 1. The summed E-state index contributed by atoms with van der Waals surface area (Å²) in [7, 11) is 0. The summed E-state index contributed by atoms with van der Waals surface area (Å²) < 4.78 is 5.59. The van der Waals surface area contributed by atoms with Gasteiger partial charge in [-0.1, -0.05) is 36.4 Å². The summed E-state index contributed by atoms with van der Waals surface area (Å²) >= 11 is 0. The lowest BCUT2D eigenvalue weighted by atomic mass is 9.95. The zero-order chi connectivity index (χ0) is 17.1. The molecule has 0 bridgehead atoms. The zero-order valence-corrected chi connectivity index (χ0v) is 14.1. The maximum absolute atomic E-state index is 12.1. The van der Waals surface area contributed by atoms with Crippen molar-refractivity contribution in [1.29, 1.82) is 0 Å². The van der Waals surface area contributed by atoms with Gasteiger partial charge in [0.2, 0.25) is 5.91 Å². The summed E-state index contributed by atoms with van der Waals surface area (Å²) in [5.41, 5.74) is 2.57. The van der Waals surface area contributed by atoms with Crippen LogP contribution in [0.15, 0.2) is 60.8 Å². The van der Waals surface area contributed by atoms with Gasteiger partial charge < -0.3 is 15.0 Å². The highest BCUT2D eigenvalue weighted by Gasteiger charge is 2.45. The fourth-order valence-electron chi connectivity index (χ4n) is 3.34. The van der Waals surface area contributed by atoms with Crippen LogP contribution in [-0.4, -0.2) is 24.0 Å². The largest absolute Gasteiger partial charge is 0.493 e. The quantitative estimate of drug-likeness (QED) is 0.691. The van der Waals surface area contributed by atoms with E-state index in [0.717, 1.165) is 24.1 Å². The van der Waals surface area contributed by atoms with Crippen LogP contribution in [0.4, 0.5) is 0 Å². The van der Waals surface area contributed by atoms with E-state index in [1.165, 1.54) is 10.9 Å². The van der Waals surface area contributed by atoms with Gasteiger partial charge in [-0.2, -0.15) is 0 Å². The number of carbonyl (C=O) groups is 1. The normalized spacial score (nSPS) is 15.0. The van der Waals surface area contributed by atoms with Crippen LogP contribution in [0.1, 0.15) is 24.8 Å². The van der Waals surface area contributed by atoms with Crippen molar-refractivity contribution in [1.82, 2.24) is 10.3 Å². The van der Waals surface area contributed by atoms with Crippen molar-refractivity contribution in [2.24, 2.45) is 0 Å². The maximum Gasteiger partial charge on any atom is 0.223 e. The molecule has 1 aliphatic rings. The Kier molecular flexibility index (Phi) is 4.18. The molecular formula is C21H22N2O2. The highest BCUT2D eigenvalue weighted by Crippen LogP contribution is 2.49. The van der Waals surface area contributed by atoms with Crippen LogP contribution in [0, 0.1) is 0 Å². The number of carbonyl (C=O) groups excluding carboxylic acids is 1. The van der Waals surface area contributed by atoms with Crippen LogP contribution in [0.25, 0.3) is 10.9 Å². The first kappa shape index (κ1) is 15.8. The fraction of sp³-hybridized carbons (Fsp3) is 0.286. The van der Waals surface area contributed by atoms with Gasteiger partial charge in [-0.05, 0) is 36.6 Å². The molecule has 4 heteroatoms. The maximum atomic E-state index is 12.1. The van der Waals surface area contributed by atoms with E-state index in [-0.39, 0.29) is 11.3 Å². The van der Waals surface area contributed by atoms with E-state index in [2.05, 4.69) is 34.7 Å². The minimum absolute atomic E-state index is 0.0436. The number of amides is 1. The molecule has 1 aliphatic carbocycles. The topological polar surface area (TPSA) is 54.1 Å². The first-order valence-electron chi connectivity index (χ1n) is 8.78. The number of ether oxygens (including phenoxy) is 1. The monoisotopic (exact) mass is 334 g/mol. The van der Waals surface area contributed by atoms with Crippen LogP contribution in [0.5, 0.6) is 5.75 Å². The number of hydrogen-bond acceptors (Lipinski definition) is 2. The number of para-hydroxylation sites is 2. The second-order valence-electron chi connectivity index (χ2n) is 6.72. The summed E-state index contributed by atoms with van der Waals surface area (Å²) in [5, 5.41) is 4.36. The van der Waals surface area contributed by atoms with Crippen molar-refractivity contribution in [2.75, 3.05) is 13.2 Å². The SMILES string of the molecule is O=C(CCOc1ccccc1)NCC1(c2c[nH]c3ccccc23)CC1. The Morgan fingerprint density at radius 1 is 1.08 bits per heavy atom. The molecule has 25 heavy (non-hydrogen) atoms. The summed E-state index contributed by atoms with van der Waals surface area (Å²) in [5.74, 6) is 0.842. The summed E-state index contributed by atoms with van der Waals surface area (Å²) in [6.45, 7) is 1.09. The lowest BCUT2D eigenvalue weighted by Gasteiger charge is -2.16. The molecule has 0 radical (unpaired) electrons. The highest BCUT2D eigenvalue weighted by molar-refractivity contribution is 5.85. The number of benzene rings is 2. The average Bonchev–Trinajstić information content (AvgIpc) is 3.31. The first-order chi connectivity index (χ1) is 12.3. The van der Waals surface area contributed by atoms with E-state index < -0.39 is 0 Å². The van der Waals surface area contributed by atoms with Crippen LogP contribution < -0.4 is 10.1 Å². The third-order valence-corrected chi connectivity index (χ3v) is 4.98. The number of nitrogens with one attached hydrogen (secondary N) is 2. The Bertz CT molecular complexity index is 866. The molecule has 0 atom stereocenters. The van der Waals surface area contributed by atoms with Crippen molar-refractivity contribution in [3.8, 4) is 5.75 Å². The molecule has 1 saturated carbocycles. The molecule has 1 aromatic heterocycles. The van der Waals surface area contributed by atoms with Crippen LogP contribution >= 0.6 is 0 Å². The van der Waals surface area contributed by atoms with Crippen LogP contribution in [0.3, 0.4) is 0 Å². The molecule has 0 saturated heterocycles. The molecule has 1 amide bonds. The second-order valence-corrected chi connectivity index (χ2v) is 6.72. The van der Waals surface area contributed by atoms with Gasteiger partial charge in [0, 0.05) is 29.1 Å².